The highest BCUT2D eigenvalue weighted by Gasteiger charge is 2.26. The maximum Gasteiger partial charge on any atom is 0.156 e. The Labute approximate surface area is 197 Å². The highest BCUT2D eigenvalue weighted by molar-refractivity contribution is 7.86. The van der Waals surface area contributed by atoms with Crippen molar-refractivity contribution in [3.05, 3.63) is 77.2 Å². The molecule has 1 atom stereocenters. The molecular weight excluding hydrogens is 462 g/mol. The van der Waals surface area contributed by atoms with Gasteiger partial charge in [-0.1, -0.05) is 32.9 Å². The van der Waals surface area contributed by atoms with E-state index in [0.29, 0.717) is 17.2 Å². The summed E-state index contributed by atoms with van der Waals surface area (Å²) in [6.45, 7) is 7.92. The van der Waals surface area contributed by atoms with Gasteiger partial charge in [0.15, 0.2) is 5.82 Å². The molecule has 2 aromatic heterocycles. The molecule has 0 aliphatic heterocycles. The highest BCUT2D eigenvalue weighted by Crippen LogP contribution is 2.41. The number of benzene rings is 2. The van der Waals surface area contributed by atoms with E-state index >= 15 is 4.39 Å². The van der Waals surface area contributed by atoms with E-state index in [-0.39, 0.29) is 21.6 Å². The van der Waals surface area contributed by atoms with E-state index in [9.17, 15) is 8.60 Å². The van der Waals surface area contributed by atoms with Gasteiger partial charge in [-0.15, -0.1) is 11.3 Å². The van der Waals surface area contributed by atoms with Crippen molar-refractivity contribution in [2.24, 2.45) is 0 Å². The molecule has 2 aromatic carbocycles. The molecule has 2 heterocycles. The van der Waals surface area contributed by atoms with E-state index in [2.05, 4.69) is 14.7 Å². The van der Waals surface area contributed by atoms with Gasteiger partial charge in [0.05, 0.1) is 31.9 Å². The van der Waals surface area contributed by atoms with Gasteiger partial charge in [0.2, 0.25) is 0 Å². The van der Waals surface area contributed by atoms with Crippen LogP contribution in [0.5, 0.6) is 0 Å². The van der Waals surface area contributed by atoms with Gasteiger partial charge < -0.3 is 0 Å². The number of nitrogens with one attached hydrogen (secondary N) is 1. The first kappa shape index (κ1) is 23.1. The quantitative estimate of drug-likeness (QED) is 0.362. The molecule has 0 spiro atoms. The molecular formula is C24H22F2N4OS2. The second-order valence-electron chi connectivity index (χ2n) is 8.43. The summed E-state index contributed by atoms with van der Waals surface area (Å²) < 4.78 is 44.5. The Hall–Kier alpha value is -3.04. The summed E-state index contributed by atoms with van der Waals surface area (Å²) in [5.74, 6) is -0.510. The minimum Gasteiger partial charge on any atom is -0.298 e. The van der Waals surface area contributed by atoms with Crippen LogP contribution in [-0.4, -0.2) is 19.2 Å². The van der Waals surface area contributed by atoms with Crippen molar-refractivity contribution in [2.45, 2.75) is 38.0 Å². The second-order valence-corrected chi connectivity index (χ2v) is 10.6. The molecule has 0 aliphatic carbocycles. The lowest BCUT2D eigenvalue weighted by atomic mass is 9.98. The van der Waals surface area contributed by atoms with Crippen LogP contribution < -0.4 is 4.72 Å². The first-order chi connectivity index (χ1) is 15.6. The molecule has 0 radical (unpaired) electrons. The lowest BCUT2D eigenvalue weighted by molar-refractivity contribution is 0.585. The number of anilines is 1. The third kappa shape index (κ3) is 4.99. The Kier molecular flexibility index (Phi) is 6.36. The summed E-state index contributed by atoms with van der Waals surface area (Å²) in [6, 6.07) is 11.9. The Balaban J connectivity index is 1.79. The summed E-state index contributed by atoms with van der Waals surface area (Å²) >= 11 is 1.46. The molecule has 0 bridgehead atoms. The zero-order valence-corrected chi connectivity index (χ0v) is 20.2. The molecule has 5 nitrogen and oxygen atoms in total. The maximum absolute atomic E-state index is 15.7. The van der Waals surface area contributed by atoms with Crippen LogP contribution in [-0.2, 0) is 16.4 Å². The number of rotatable bonds is 5. The van der Waals surface area contributed by atoms with Gasteiger partial charge in [0, 0.05) is 17.2 Å². The van der Waals surface area contributed by atoms with Gasteiger partial charge in [-0.05, 0) is 43.3 Å². The predicted octanol–water partition coefficient (Wildman–Crippen LogP) is 6.29. The van der Waals surface area contributed by atoms with E-state index in [1.54, 1.807) is 31.3 Å². The number of hydrogen-bond donors (Lipinski definition) is 1. The summed E-state index contributed by atoms with van der Waals surface area (Å²) in [5, 5.41) is 0.838. The van der Waals surface area contributed by atoms with Gasteiger partial charge in [0.1, 0.15) is 22.6 Å². The smallest absolute Gasteiger partial charge is 0.156 e. The lowest BCUT2D eigenvalue weighted by Gasteiger charge is -2.13. The van der Waals surface area contributed by atoms with Gasteiger partial charge in [-0.2, -0.15) is 0 Å². The molecule has 0 saturated carbocycles. The molecule has 4 aromatic rings. The largest absolute Gasteiger partial charge is 0.298 e. The SMILES string of the molecule is Cc1nccc(-c2sc(C(C)(C)C)nc2-c2cccc(NS(=O)c3cccc(F)c3)c2F)n1. The molecule has 170 valence electrons. The fourth-order valence-electron chi connectivity index (χ4n) is 3.11. The monoisotopic (exact) mass is 484 g/mol. The first-order valence-corrected chi connectivity index (χ1v) is 12.1. The van der Waals surface area contributed by atoms with E-state index in [0.717, 1.165) is 16.0 Å². The van der Waals surface area contributed by atoms with Crippen molar-refractivity contribution >= 4 is 28.0 Å². The van der Waals surface area contributed by atoms with Crippen LogP contribution in [0.2, 0.25) is 0 Å². The average molecular weight is 485 g/mol. The van der Waals surface area contributed by atoms with E-state index in [1.165, 1.54) is 35.6 Å². The molecule has 0 aliphatic rings. The highest BCUT2D eigenvalue weighted by atomic mass is 32.2. The number of nitrogens with zero attached hydrogens (tertiary/aromatic N) is 3. The van der Waals surface area contributed by atoms with Gasteiger partial charge in [0.25, 0.3) is 0 Å². The number of hydrogen-bond acceptors (Lipinski definition) is 5. The number of thiazole rings is 1. The van der Waals surface area contributed by atoms with Crippen LogP contribution in [0.3, 0.4) is 0 Å². The topological polar surface area (TPSA) is 67.8 Å². The standard InChI is InChI=1S/C24H22F2N4OS2/c1-14-27-12-11-19(28-14)22-21(29-23(32-22)24(2,3)4)17-9-6-10-18(20(17)26)30-33(31)16-8-5-7-15(25)13-16/h5-13,30H,1-4H3. The first-order valence-electron chi connectivity index (χ1n) is 10.2. The summed E-state index contributed by atoms with van der Waals surface area (Å²) in [7, 11) is -1.84. The van der Waals surface area contributed by atoms with E-state index < -0.39 is 22.6 Å². The normalized spacial score (nSPS) is 12.5. The lowest BCUT2D eigenvalue weighted by Crippen LogP contribution is -2.10. The average Bonchev–Trinajstić information content (AvgIpc) is 3.21. The van der Waals surface area contributed by atoms with E-state index in [1.807, 2.05) is 20.8 Å². The van der Waals surface area contributed by atoms with Crippen LogP contribution in [0.1, 0.15) is 31.6 Å². The van der Waals surface area contributed by atoms with Gasteiger partial charge in [-0.25, -0.2) is 27.9 Å². The van der Waals surface area contributed by atoms with Crippen molar-refractivity contribution in [3.63, 3.8) is 0 Å². The zero-order valence-electron chi connectivity index (χ0n) is 18.5. The minimum absolute atomic E-state index is 0.0326. The summed E-state index contributed by atoms with van der Waals surface area (Å²) in [4.78, 5) is 14.4. The van der Waals surface area contributed by atoms with Crippen molar-refractivity contribution in [3.8, 4) is 21.8 Å². The summed E-state index contributed by atoms with van der Waals surface area (Å²) in [5.41, 5.74) is 1.16. The molecule has 4 rings (SSSR count). The van der Waals surface area contributed by atoms with Crippen molar-refractivity contribution in [1.82, 2.24) is 15.0 Å². The Morgan fingerprint density at radius 3 is 2.48 bits per heavy atom. The van der Waals surface area contributed by atoms with Crippen molar-refractivity contribution in [1.29, 1.82) is 0 Å². The third-order valence-electron chi connectivity index (χ3n) is 4.74. The van der Waals surface area contributed by atoms with Gasteiger partial charge >= 0.3 is 0 Å². The van der Waals surface area contributed by atoms with Crippen LogP contribution in [0.15, 0.2) is 59.6 Å². The molecule has 33 heavy (non-hydrogen) atoms. The summed E-state index contributed by atoms with van der Waals surface area (Å²) in [6.07, 6.45) is 1.66. The predicted molar refractivity (Wildman–Crippen MR) is 128 cm³/mol. The number of aryl methyl sites for hydroxylation is 1. The van der Waals surface area contributed by atoms with Crippen molar-refractivity contribution in [2.75, 3.05) is 4.72 Å². The molecule has 9 heteroatoms. The van der Waals surface area contributed by atoms with Crippen LogP contribution in [0.25, 0.3) is 21.8 Å². The van der Waals surface area contributed by atoms with Crippen molar-refractivity contribution < 1.29 is 13.0 Å². The Bertz CT molecular complexity index is 1350. The maximum atomic E-state index is 15.7. The second kappa shape index (κ2) is 9.07. The van der Waals surface area contributed by atoms with Crippen LogP contribution in [0.4, 0.5) is 14.5 Å². The van der Waals surface area contributed by atoms with Crippen LogP contribution in [0, 0.1) is 18.6 Å². The molecule has 1 N–H and O–H groups in total. The van der Waals surface area contributed by atoms with Gasteiger partial charge in [-0.3, -0.25) is 4.72 Å². The molecule has 0 fully saturated rings. The molecule has 0 saturated heterocycles. The van der Waals surface area contributed by atoms with E-state index in [4.69, 9.17) is 4.98 Å². The Morgan fingerprint density at radius 1 is 1.03 bits per heavy atom. The zero-order chi connectivity index (χ0) is 23.8. The molecule has 0 amide bonds. The fourth-order valence-corrected chi connectivity index (χ4v) is 5.12. The third-order valence-corrected chi connectivity index (χ3v) is 7.34. The number of aromatic nitrogens is 3. The molecule has 1 unspecified atom stereocenters. The van der Waals surface area contributed by atoms with Crippen LogP contribution >= 0.6 is 11.3 Å². The minimum atomic E-state index is -1.84. The number of halogens is 2. The Morgan fingerprint density at radius 2 is 1.79 bits per heavy atom. The fraction of sp³-hybridized carbons (Fsp3) is 0.208.